The molecule has 19 heavy (non-hydrogen) atoms. The van der Waals surface area contributed by atoms with Crippen molar-refractivity contribution in [3.8, 4) is 0 Å². The lowest BCUT2D eigenvalue weighted by atomic mass is 10.2. The molecule has 0 spiro atoms. The maximum atomic E-state index is 13.1. The Kier molecular flexibility index (Phi) is 7.16. The van der Waals surface area contributed by atoms with Crippen LogP contribution in [0.15, 0.2) is 0 Å². The molecule has 0 aliphatic heterocycles. The van der Waals surface area contributed by atoms with Crippen molar-refractivity contribution >= 4 is 58.3 Å². The number of hydrogen-bond acceptors (Lipinski definition) is 3. The van der Waals surface area contributed by atoms with Gasteiger partial charge in [0.25, 0.3) is 0 Å². The highest BCUT2D eigenvalue weighted by Gasteiger charge is 2.54. The van der Waals surface area contributed by atoms with Crippen LogP contribution >= 0.6 is 46.4 Å². The number of halogens is 8. The van der Waals surface area contributed by atoms with Crippen LogP contribution in [0.3, 0.4) is 0 Å². The summed E-state index contributed by atoms with van der Waals surface area (Å²) in [4.78, 5) is 21.8. The van der Waals surface area contributed by atoms with Gasteiger partial charge in [-0.2, -0.15) is 17.6 Å². The fourth-order valence-electron chi connectivity index (χ4n) is 0.670. The van der Waals surface area contributed by atoms with Gasteiger partial charge in [0.15, 0.2) is 0 Å². The van der Waals surface area contributed by atoms with E-state index in [1.54, 1.807) is 0 Å². The van der Waals surface area contributed by atoms with Crippen LogP contribution < -0.4 is 0 Å². The Morgan fingerprint density at radius 2 is 1.16 bits per heavy atom. The SMILES string of the molecule is O=C(OC(=O)C(F)(F)C(Cl)CCl)C(F)(F)C(Cl)CCl. The number of carbonyl (C=O) groups is 2. The highest BCUT2D eigenvalue weighted by molar-refractivity contribution is 6.30. The van der Waals surface area contributed by atoms with E-state index in [2.05, 4.69) is 4.74 Å². The van der Waals surface area contributed by atoms with E-state index < -0.39 is 46.3 Å². The van der Waals surface area contributed by atoms with E-state index >= 15 is 0 Å². The predicted molar refractivity (Wildman–Crippen MR) is 61.7 cm³/mol. The van der Waals surface area contributed by atoms with Crippen LogP contribution in [0.5, 0.6) is 0 Å². The number of esters is 2. The number of carbonyl (C=O) groups excluding carboxylic acids is 2. The second-order valence-electron chi connectivity index (χ2n) is 3.17. The zero-order valence-corrected chi connectivity index (χ0v) is 11.8. The van der Waals surface area contributed by atoms with Gasteiger partial charge in [0.05, 0.1) is 0 Å². The summed E-state index contributed by atoms with van der Waals surface area (Å²) in [6.07, 6.45) is 0. The van der Waals surface area contributed by atoms with Crippen molar-refractivity contribution in [2.75, 3.05) is 11.8 Å². The smallest absolute Gasteiger partial charge is 0.384 e. The van der Waals surface area contributed by atoms with Crippen molar-refractivity contribution in [3.05, 3.63) is 0 Å². The molecule has 0 aromatic rings. The maximum absolute atomic E-state index is 13.1. The molecule has 11 heteroatoms. The Bertz CT molecular complexity index is 321. The summed E-state index contributed by atoms with van der Waals surface area (Å²) in [5.41, 5.74) is 0. The summed E-state index contributed by atoms with van der Waals surface area (Å²) in [6, 6.07) is 0. The molecular formula is C8H6Cl4F4O3. The fraction of sp³-hybridized carbons (Fsp3) is 0.750. The zero-order chi connectivity index (χ0) is 15.4. The molecule has 0 fully saturated rings. The van der Waals surface area contributed by atoms with E-state index in [9.17, 15) is 27.2 Å². The van der Waals surface area contributed by atoms with E-state index in [0.717, 1.165) is 0 Å². The Balaban J connectivity index is 4.88. The maximum Gasteiger partial charge on any atom is 0.386 e. The third-order valence-corrected chi connectivity index (χ3v) is 3.58. The molecule has 0 amide bonds. The Hall–Kier alpha value is 0.0200. The van der Waals surface area contributed by atoms with Gasteiger partial charge in [-0.25, -0.2) is 9.59 Å². The summed E-state index contributed by atoms with van der Waals surface area (Å²) in [7, 11) is 0. The second-order valence-corrected chi connectivity index (χ2v) is 4.84. The van der Waals surface area contributed by atoms with E-state index in [0.29, 0.717) is 0 Å². The molecule has 0 aromatic heterocycles. The first-order valence-electron chi connectivity index (χ1n) is 4.44. The largest absolute Gasteiger partial charge is 0.386 e. The fourth-order valence-corrected chi connectivity index (χ4v) is 1.24. The molecule has 0 radical (unpaired) electrons. The van der Waals surface area contributed by atoms with Crippen molar-refractivity contribution < 1.29 is 31.9 Å². The van der Waals surface area contributed by atoms with Gasteiger partial charge in [0.1, 0.15) is 10.8 Å². The number of ether oxygens (including phenoxy) is 1. The van der Waals surface area contributed by atoms with Crippen molar-refractivity contribution in [3.63, 3.8) is 0 Å². The van der Waals surface area contributed by atoms with Crippen molar-refractivity contribution in [1.82, 2.24) is 0 Å². The van der Waals surface area contributed by atoms with E-state index in [-0.39, 0.29) is 0 Å². The molecule has 0 heterocycles. The van der Waals surface area contributed by atoms with Crippen molar-refractivity contribution in [2.45, 2.75) is 22.6 Å². The van der Waals surface area contributed by atoms with E-state index in [4.69, 9.17) is 46.4 Å². The van der Waals surface area contributed by atoms with Gasteiger partial charge in [-0.15, -0.1) is 46.4 Å². The molecule has 0 bridgehead atoms. The van der Waals surface area contributed by atoms with Crippen LogP contribution in [0.4, 0.5) is 17.6 Å². The lowest BCUT2D eigenvalue weighted by Gasteiger charge is -2.21. The minimum Gasteiger partial charge on any atom is -0.384 e. The molecule has 3 nitrogen and oxygen atoms in total. The molecule has 112 valence electrons. The third-order valence-electron chi connectivity index (χ3n) is 1.79. The third kappa shape index (κ3) is 4.51. The average Bonchev–Trinajstić information content (AvgIpc) is 2.35. The van der Waals surface area contributed by atoms with Crippen LogP contribution in [0.1, 0.15) is 0 Å². The number of hydrogen-bond donors (Lipinski definition) is 0. The Morgan fingerprint density at radius 1 is 0.895 bits per heavy atom. The van der Waals surface area contributed by atoms with Gasteiger partial charge < -0.3 is 4.74 Å². The van der Waals surface area contributed by atoms with Crippen LogP contribution in [0, 0.1) is 0 Å². The predicted octanol–water partition coefficient (Wildman–Crippen LogP) is 3.02. The highest BCUT2D eigenvalue weighted by Crippen LogP contribution is 2.30. The van der Waals surface area contributed by atoms with Gasteiger partial charge in [-0.1, -0.05) is 0 Å². The highest BCUT2D eigenvalue weighted by atomic mass is 35.5. The first-order valence-corrected chi connectivity index (χ1v) is 6.38. The standard InChI is InChI=1S/C8H6Cl4F4O3/c9-1-3(11)7(13,14)5(17)19-6(18)8(15,16)4(12)2-10/h3-4H,1-2H2. The molecular weight excluding hydrogens is 362 g/mol. The topological polar surface area (TPSA) is 43.4 Å². The average molecular weight is 368 g/mol. The molecule has 0 N–H and O–H groups in total. The van der Waals surface area contributed by atoms with Gasteiger partial charge in [0, 0.05) is 11.8 Å². The molecule has 0 aliphatic carbocycles. The summed E-state index contributed by atoms with van der Waals surface area (Å²) < 4.78 is 55.7. The first-order chi connectivity index (χ1) is 8.51. The van der Waals surface area contributed by atoms with Crippen molar-refractivity contribution in [2.24, 2.45) is 0 Å². The van der Waals surface area contributed by atoms with Gasteiger partial charge in [0.2, 0.25) is 0 Å². The second kappa shape index (κ2) is 7.15. The zero-order valence-electron chi connectivity index (χ0n) is 8.82. The van der Waals surface area contributed by atoms with Crippen LogP contribution in [0.2, 0.25) is 0 Å². The van der Waals surface area contributed by atoms with Gasteiger partial charge in [-0.05, 0) is 0 Å². The van der Waals surface area contributed by atoms with E-state index in [1.165, 1.54) is 0 Å². The summed E-state index contributed by atoms with van der Waals surface area (Å²) >= 11 is 20.0. The number of rotatable bonds is 6. The molecule has 0 aliphatic rings. The molecule has 0 aromatic carbocycles. The molecule has 2 atom stereocenters. The normalized spacial score (nSPS) is 15.8. The van der Waals surface area contributed by atoms with Crippen LogP contribution in [0.25, 0.3) is 0 Å². The quantitative estimate of drug-likeness (QED) is 0.313. The van der Waals surface area contributed by atoms with Crippen molar-refractivity contribution in [1.29, 1.82) is 0 Å². The Labute approximate surface area is 125 Å². The first kappa shape index (κ1) is 19.0. The summed E-state index contributed by atoms with van der Waals surface area (Å²) in [5, 5.41) is -4.44. The Morgan fingerprint density at radius 3 is 1.37 bits per heavy atom. The molecule has 0 saturated carbocycles. The van der Waals surface area contributed by atoms with Crippen LogP contribution in [-0.4, -0.2) is 46.3 Å². The summed E-state index contributed by atoms with van der Waals surface area (Å²) in [5.74, 6) is -15.6. The lowest BCUT2D eigenvalue weighted by Crippen LogP contribution is -2.47. The minimum atomic E-state index is -4.40. The van der Waals surface area contributed by atoms with Gasteiger partial charge >= 0.3 is 23.8 Å². The molecule has 2 unspecified atom stereocenters. The van der Waals surface area contributed by atoms with Crippen LogP contribution in [-0.2, 0) is 14.3 Å². The minimum absolute atomic E-state index is 0.867. The molecule has 0 rings (SSSR count). The number of alkyl halides is 8. The summed E-state index contributed by atoms with van der Waals surface area (Å²) in [6.45, 7) is 0. The monoisotopic (exact) mass is 366 g/mol. The van der Waals surface area contributed by atoms with E-state index in [1.807, 2.05) is 0 Å². The molecule has 0 saturated heterocycles. The van der Waals surface area contributed by atoms with Gasteiger partial charge in [-0.3, -0.25) is 0 Å². The lowest BCUT2D eigenvalue weighted by molar-refractivity contribution is -0.192.